The predicted octanol–water partition coefficient (Wildman–Crippen LogP) is 2.43. The fourth-order valence-electron chi connectivity index (χ4n) is 2.35. The molecule has 0 radical (unpaired) electrons. The first kappa shape index (κ1) is 12.9. The van der Waals surface area contributed by atoms with Crippen LogP contribution in [0.4, 0.5) is 5.82 Å². The smallest absolute Gasteiger partial charge is 0.253 e. The normalized spacial score (nSPS) is 23.4. The van der Waals surface area contributed by atoms with Gasteiger partial charge in [-0.25, -0.2) is 4.98 Å². The van der Waals surface area contributed by atoms with Gasteiger partial charge in [0.15, 0.2) is 0 Å². The van der Waals surface area contributed by atoms with Crippen LogP contribution in [0.25, 0.3) is 0 Å². The van der Waals surface area contributed by atoms with Gasteiger partial charge in [-0.15, -0.1) is 0 Å². The molecule has 1 aromatic heterocycles. The minimum Gasteiger partial charge on any atom is -0.373 e. The Balaban J connectivity index is 1.90. The molecule has 1 fully saturated rings. The van der Waals surface area contributed by atoms with Crippen molar-refractivity contribution in [1.82, 2.24) is 10.3 Å². The van der Waals surface area contributed by atoms with Crippen molar-refractivity contribution in [2.24, 2.45) is 5.92 Å². The average molecular weight is 247 g/mol. The minimum atomic E-state index is -0.00953. The first-order valence-corrected chi connectivity index (χ1v) is 6.63. The zero-order valence-corrected chi connectivity index (χ0v) is 11.1. The molecule has 2 N–H and O–H groups in total. The third kappa shape index (κ3) is 3.22. The standard InChI is InChI=1S/C14H21N3O/c1-10-3-6-12(7-4-10)17-14(18)11-5-8-13(15-2)16-9-11/h5,8-10,12H,3-4,6-7H2,1-2H3,(H,15,16)(H,17,18). The van der Waals surface area contributed by atoms with E-state index in [1.807, 2.05) is 13.1 Å². The molecule has 0 atom stereocenters. The fraction of sp³-hybridized carbons (Fsp3) is 0.571. The van der Waals surface area contributed by atoms with Crippen molar-refractivity contribution in [3.8, 4) is 0 Å². The molecule has 4 nitrogen and oxygen atoms in total. The summed E-state index contributed by atoms with van der Waals surface area (Å²) < 4.78 is 0. The number of carbonyl (C=O) groups excluding carboxylic acids is 1. The van der Waals surface area contributed by atoms with Crippen LogP contribution < -0.4 is 10.6 Å². The van der Waals surface area contributed by atoms with E-state index >= 15 is 0 Å². The van der Waals surface area contributed by atoms with Gasteiger partial charge in [0.05, 0.1) is 5.56 Å². The Morgan fingerprint density at radius 1 is 1.28 bits per heavy atom. The van der Waals surface area contributed by atoms with Gasteiger partial charge in [0.25, 0.3) is 5.91 Å². The number of nitrogens with zero attached hydrogens (tertiary/aromatic N) is 1. The van der Waals surface area contributed by atoms with E-state index in [-0.39, 0.29) is 5.91 Å². The highest BCUT2D eigenvalue weighted by Crippen LogP contribution is 2.23. The number of aromatic nitrogens is 1. The maximum Gasteiger partial charge on any atom is 0.253 e. The lowest BCUT2D eigenvalue weighted by Crippen LogP contribution is -2.37. The molecule has 0 aromatic carbocycles. The van der Waals surface area contributed by atoms with Crippen LogP contribution in [0.5, 0.6) is 0 Å². The summed E-state index contributed by atoms with van der Waals surface area (Å²) in [5, 5.41) is 6.03. The molecular weight excluding hydrogens is 226 g/mol. The number of anilines is 1. The highest BCUT2D eigenvalue weighted by atomic mass is 16.1. The van der Waals surface area contributed by atoms with Crippen LogP contribution in [0.15, 0.2) is 18.3 Å². The van der Waals surface area contributed by atoms with Crippen molar-refractivity contribution in [2.75, 3.05) is 12.4 Å². The van der Waals surface area contributed by atoms with Crippen LogP contribution in [0.3, 0.4) is 0 Å². The van der Waals surface area contributed by atoms with E-state index in [0.29, 0.717) is 11.6 Å². The molecule has 1 aliphatic carbocycles. The number of nitrogens with one attached hydrogen (secondary N) is 2. The number of carbonyl (C=O) groups is 1. The number of hydrogen-bond acceptors (Lipinski definition) is 3. The SMILES string of the molecule is CNc1ccc(C(=O)NC2CCC(C)CC2)cn1. The van der Waals surface area contributed by atoms with E-state index in [4.69, 9.17) is 0 Å². The Bertz CT molecular complexity index is 394. The Kier molecular flexibility index (Phi) is 4.18. The van der Waals surface area contributed by atoms with E-state index in [0.717, 1.165) is 24.6 Å². The van der Waals surface area contributed by atoms with E-state index < -0.39 is 0 Å². The molecule has 1 amide bonds. The summed E-state index contributed by atoms with van der Waals surface area (Å²) in [5.41, 5.74) is 0.632. The summed E-state index contributed by atoms with van der Waals surface area (Å²) in [6.07, 6.45) is 6.22. The molecule has 18 heavy (non-hydrogen) atoms. The second-order valence-electron chi connectivity index (χ2n) is 5.11. The maximum absolute atomic E-state index is 12.0. The summed E-state index contributed by atoms with van der Waals surface area (Å²) in [6, 6.07) is 3.95. The second kappa shape index (κ2) is 5.85. The maximum atomic E-state index is 12.0. The molecule has 4 heteroatoms. The van der Waals surface area contributed by atoms with Crippen molar-refractivity contribution >= 4 is 11.7 Å². The van der Waals surface area contributed by atoms with Gasteiger partial charge in [0.1, 0.15) is 5.82 Å². The van der Waals surface area contributed by atoms with Crippen molar-refractivity contribution < 1.29 is 4.79 Å². The monoisotopic (exact) mass is 247 g/mol. The molecule has 1 aromatic rings. The van der Waals surface area contributed by atoms with Crippen molar-refractivity contribution in [2.45, 2.75) is 38.6 Å². The van der Waals surface area contributed by atoms with Crippen molar-refractivity contribution in [3.05, 3.63) is 23.9 Å². The highest BCUT2D eigenvalue weighted by Gasteiger charge is 2.20. The lowest BCUT2D eigenvalue weighted by Gasteiger charge is -2.26. The summed E-state index contributed by atoms with van der Waals surface area (Å²) in [7, 11) is 1.81. The van der Waals surface area contributed by atoms with Gasteiger partial charge in [-0.05, 0) is 43.7 Å². The number of hydrogen-bond donors (Lipinski definition) is 2. The predicted molar refractivity (Wildman–Crippen MR) is 72.7 cm³/mol. The largest absolute Gasteiger partial charge is 0.373 e. The van der Waals surface area contributed by atoms with Gasteiger partial charge in [-0.1, -0.05) is 6.92 Å². The van der Waals surface area contributed by atoms with E-state index in [2.05, 4.69) is 22.5 Å². The zero-order valence-electron chi connectivity index (χ0n) is 11.1. The quantitative estimate of drug-likeness (QED) is 0.862. The van der Waals surface area contributed by atoms with Crippen LogP contribution in [-0.4, -0.2) is 24.0 Å². The Morgan fingerprint density at radius 2 is 2.00 bits per heavy atom. The van der Waals surface area contributed by atoms with Crippen LogP contribution in [0.1, 0.15) is 43.0 Å². The lowest BCUT2D eigenvalue weighted by atomic mass is 9.87. The Hall–Kier alpha value is -1.58. The highest BCUT2D eigenvalue weighted by molar-refractivity contribution is 5.94. The second-order valence-corrected chi connectivity index (χ2v) is 5.11. The van der Waals surface area contributed by atoms with Crippen LogP contribution in [0.2, 0.25) is 0 Å². The van der Waals surface area contributed by atoms with Gasteiger partial charge in [0, 0.05) is 19.3 Å². The third-order valence-corrected chi connectivity index (χ3v) is 3.63. The fourth-order valence-corrected chi connectivity index (χ4v) is 2.35. The topological polar surface area (TPSA) is 54.0 Å². The van der Waals surface area contributed by atoms with E-state index in [1.54, 1.807) is 12.3 Å². The molecule has 0 saturated heterocycles. The molecule has 0 aliphatic heterocycles. The molecule has 0 unspecified atom stereocenters. The molecule has 0 bridgehead atoms. The summed E-state index contributed by atoms with van der Waals surface area (Å²) in [5.74, 6) is 1.57. The molecule has 1 saturated carbocycles. The number of pyridine rings is 1. The summed E-state index contributed by atoms with van der Waals surface area (Å²) >= 11 is 0. The molecule has 1 aliphatic rings. The third-order valence-electron chi connectivity index (χ3n) is 3.63. The summed E-state index contributed by atoms with van der Waals surface area (Å²) in [4.78, 5) is 16.2. The molecular formula is C14H21N3O. The van der Waals surface area contributed by atoms with Gasteiger partial charge in [-0.3, -0.25) is 4.79 Å². The first-order chi connectivity index (χ1) is 8.69. The number of amides is 1. The Labute approximate surface area is 108 Å². The first-order valence-electron chi connectivity index (χ1n) is 6.63. The van der Waals surface area contributed by atoms with Gasteiger partial charge < -0.3 is 10.6 Å². The minimum absolute atomic E-state index is 0.00953. The van der Waals surface area contributed by atoms with Gasteiger partial charge >= 0.3 is 0 Å². The summed E-state index contributed by atoms with van der Waals surface area (Å²) in [6.45, 7) is 2.28. The zero-order chi connectivity index (χ0) is 13.0. The lowest BCUT2D eigenvalue weighted by molar-refractivity contribution is 0.0922. The number of rotatable bonds is 3. The molecule has 2 rings (SSSR count). The molecule has 0 spiro atoms. The van der Waals surface area contributed by atoms with Crippen LogP contribution in [-0.2, 0) is 0 Å². The average Bonchev–Trinajstić information content (AvgIpc) is 2.41. The van der Waals surface area contributed by atoms with Crippen LogP contribution >= 0.6 is 0 Å². The van der Waals surface area contributed by atoms with Crippen molar-refractivity contribution in [3.63, 3.8) is 0 Å². The van der Waals surface area contributed by atoms with Crippen molar-refractivity contribution in [1.29, 1.82) is 0 Å². The Morgan fingerprint density at radius 3 is 2.56 bits per heavy atom. The van der Waals surface area contributed by atoms with Gasteiger partial charge in [0.2, 0.25) is 0 Å². The molecule has 1 heterocycles. The van der Waals surface area contributed by atoms with E-state index in [1.165, 1.54) is 12.8 Å². The molecule has 98 valence electrons. The van der Waals surface area contributed by atoms with E-state index in [9.17, 15) is 4.79 Å². The van der Waals surface area contributed by atoms with Gasteiger partial charge in [-0.2, -0.15) is 0 Å². The van der Waals surface area contributed by atoms with Crippen LogP contribution in [0, 0.1) is 5.92 Å².